The van der Waals surface area contributed by atoms with E-state index in [1.165, 1.54) is 0 Å². The topological polar surface area (TPSA) is 220 Å². The Morgan fingerprint density at radius 3 is 1.74 bits per heavy atom. The average Bonchev–Trinajstić information content (AvgIpc) is 3.32. The molecule has 10 unspecified atom stereocenters. The van der Waals surface area contributed by atoms with Crippen molar-refractivity contribution in [3.05, 3.63) is 0 Å². The predicted octanol–water partition coefficient (Wildman–Crippen LogP) is -2.34. The summed E-state index contributed by atoms with van der Waals surface area (Å²) in [7, 11) is 0. The largest absolute Gasteiger partial charge is 0.465 e. The number of aliphatic hydroxyl groups excluding tert-OH is 2. The fraction of sp³-hybridized carbons (Fsp3) is 0.783. The van der Waals surface area contributed by atoms with E-state index < -0.39 is 103 Å². The summed E-state index contributed by atoms with van der Waals surface area (Å²) in [5.41, 5.74) is 0. The molecule has 0 amide bonds. The fourth-order valence-electron chi connectivity index (χ4n) is 4.81. The Morgan fingerprint density at radius 2 is 1.28 bits per heavy atom. The van der Waals surface area contributed by atoms with Gasteiger partial charge in [0.2, 0.25) is 12.1 Å². The highest BCUT2D eigenvalue weighted by molar-refractivity contribution is 5.68. The number of aliphatic hydroxyl groups is 3. The van der Waals surface area contributed by atoms with E-state index in [1.54, 1.807) is 0 Å². The van der Waals surface area contributed by atoms with Gasteiger partial charge in [-0.1, -0.05) is 0 Å². The van der Waals surface area contributed by atoms with Crippen LogP contribution in [0.25, 0.3) is 0 Å². The zero-order valence-corrected chi connectivity index (χ0v) is 21.9. The Hall–Kier alpha value is -2.89. The summed E-state index contributed by atoms with van der Waals surface area (Å²) in [6.07, 6.45) is -9.55. The zero-order chi connectivity index (χ0) is 29.3. The molecule has 220 valence electrons. The summed E-state index contributed by atoms with van der Waals surface area (Å²) in [6, 6.07) is 0. The maximum absolute atomic E-state index is 12.0. The highest BCUT2D eigenvalue weighted by Crippen LogP contribution is 2.63. The van der Waals surface area contributed by atoms with E-state index in [9.17, 15) is 39.3 Å². The zero-order valence-electron chi connectivity index (χ0n) is 21.9. The molecule has 2 saturated heterocycles. The molecule has 1 saturated carbocycles. The van der Waals surface area contributed by atoms with Crippen LogP contribution in [-0.2, 0) is 61.9 Å². The van der Waals surface area contributed by atoms with Gasteiger partial charge in [-0.05, 0) is 0 Å². The van der Waals surface area contributed by atoms with Gasteiger partial charge in [-0.2, -0.15) is 0 Å². The maximum atomic E-state index is 12.0. The van der Waals surface area contributed by atoms with Crippen molar-refractivity contribution in [2.75, 3.05) is 19.8 Å². The third-order valence-corrected chi connectivity index (χ3v) is 6.41. The highest BCUT2D eigenvalue weighted by Gasteiger charge is 2.81. The Labute approximate surface area is 222 Å². The number of rotatable bonds is 10. The number of fused-ring (bicyclic) bond motifs is 1. The third-order valence-electron chi connectivity index (χ3n) is 6.41. The molecule has 39 heavy (non-hydrogen) atoms. The molecular formula is C23H32O16. The van der Waals surface area contributed by atoms with E-state index in [0.717, 1.165) is 34.6 Å². The first-order valence-corrected chi connectivity index (χ1v) is 12.0. The number of carbonyl (C=O) groups is 5. The van der Waals surface area contributed by atoms with E-state index in [4.69, 9.17) is 37.9 Å². The van der Waals surface area contributed by atoms with Crippen molar-refractivity contribution in [3.63, 3.8) is 0 Å². The Balaban J connectivity index is 1.94. The summed E-state index contributed by atoms with van der Waals surface area (Å²) in [6.45, 7) is 3.51. The molecule has 16 nitrogen and oxygen atoms in total. The van der Waals surface area contributed by atoms with Crippen molar-refractivity contribution < 1.29 is 77.2 Å². The molecule has 1 aliphatic carbocycles. The fourth-order valence-corrected chi connectivity index (χ4v) is 4.81. The molecule has 2 aliphatic heterocycles. The number of esters is 5. The first-order valence-electron chi connectivity index (χ1n) is 12.0. The van der Waals surface area contributed by atoms with Crippen LogP contribution in [0.3, 0.4) is 0 Å². The van der Waals surface area contributed by atoms with Gasteiger partial charge in [0, 0.05) is 34.6 Å². The summed E-state index contributed by atoms with van der Waals surface area (Å²) in [4.78, 5) is 58.4. The summed E-state index contributed by atoms with van der Waals surface area (Å²) < 4.78 is 42.9. The lowest BCUT2D eigenvalue weighted by molar-refractivity contribution is -0.403. The van der Waals surface area contributed by atoms with Gasteiger partial charge in [-0.25, -0.2) is 0 Å². The van der Waals surface area contributed by atoms with Crippen molar-refractivity contribution in [2.24, 2.45) is 11.8 Å². The number of ether oxygens (including phenoxy) is 8. The van der Waals surface area contributed by atoms with E-state index in [0.29, 0.717) is 0 Å². The van der Waals surface area contributed by atoms with Crippen LogP contribution in [0.4, 0.5) is 0 Å². The molecule has 0 spiro atoms. The van der Waals surface area contributed by atoms with Crippen LogP contribution in [0, 0.1) is 11.8 Å². The monoisotopic (exact) mass is 564 g/mol. The molecule has 3 fully saturated rings. The predicted molar refractivity (Wildman–Crippen MR) is 119 cm³/mol. The van der Waals surface area contributed by atoms with Gasteiger partial charge in [0.05, 0.1) is 18.4 Å². The van der Waals surface area contributed by atoms with Crippen molar-refractivity contribution in [1.29, 1.82) is 0 Å². The SMILES string of the molecule is CC(=O)OCC1OC(OC2(CO)OC3(O)C(COC(C)=O)C3C2O)C(OC(C)=O)C(OC(C)=O)C1OC(C)=O. The molecule has 3 rings (SSSR count). The first kappa shape index (κ1) is 30.6. The Bertz CT molecular complexity index is 983. The van der Waals surface area contributed by atoms with Gasteiger partial charge in [0.15, 0.2) is 24.1 Å². The van der Waals surface area contributed by atoms with Crippen LogP contribution < -0.4 is 0 Å². The van der Waals surface area contributed by atoms with Crippen LogP contribution in [0.2, 0.25) is 0 Å². The molecule has 0 aromatic heterocycles. The normalized spacial score (nSPS) is 38.7. The molecule has 0 bridgehead atoms. The Morgan fingerprint density at radius 1 is 0.769 bits per heavy atom. The molecule has 3 N–H and O–H groups in total. The molecule has 0 aromatic rings. The summed E-state index contributed by atoms with van der Waals surface area (Å²) in [5.74, 6) is -10.2. The smallest absolute Gasteiger partial charge is 0.303 e. The van der Waals surface area contributed by atoms with Gasteiger partial charge < -0.3 is 53.2 Å². The Kier molecular flexibility index (Phi) is 9.19. The third kappa shape index (κ3) is 6.47. The minimum Gasteiger partial charge on any atom is -0.465 e. The second-order valence-corrected chi connectivity index (χ2v) is 9.39. The summed E-state index contributed by atoms with van der Waals surface area (Å²) in [5, 5.41) is 32.0. The van der Waals surface area contributed by atoms with Crippen molar-refractivity contribution in [3.8, 4) is 0 Å². The number of hydrogen-bond acceptors (Lipinski definition) is 16. The van der Waals surface area contributed by atoms with E-state index in [-0.39, 0.29) is 6.61 Å². The van der Waals surface area contributed by atoms with Crippen LogP contribution >= 0.6 is 0 Å². The lowest BCUT2D eigenvalue weighted by Crippen LogP contribution is -2.65. The number of hydrogen-bond donors (Lipinski definition) is 3. The minimum atomic E-state index is -2.35. The quantitative estimate of drug-likeness (QED) is 0.187. The van der Waals surface area contributed by atoms with Crippen molar-refractivity contribution in [1.82, 2.24) is 0 Å². The van der Waals surface area contributed by atoms with Gasteiger partial charge in [0.1, 0.15) is 25.4 Å². The molecule has 10 atom stereocenters. The van der Waals surface area contributed by atoms with Gasteiger partial charge in [0.25, 0.3) is 0 Å². The second-order valence-electron chi connectivity index (χ2n) is 9.39. The van der Waals surface area contributed by atoms with Crippen molar-refractivity contribution >= 4 is 29.8 Å². The van der Waals surface area contributed by atoms with Gasteiger partial charge in [-0.3, -0.25) is 24.0 Å². The van der Waals surface area contributed by atoms with Gasteiger partial charge >= 0.3 is 29.8 Å². The minimum absolute atomic E-state index is 0.284. The van der Waals surface area contributed by atoms with Crippen LogP contribution in [-0.4, -0.2) is 113 Å². The molecule has 16 heteroatoms. The number of carbonyl (C=O) groups excluding carboxylic acids is 5. The van der Waals surface area contributed by atoms with Crippen LogP contribution in [0.15, 0.2) is 0 Å². The lowest BCUT2D eigenvalue weighted by atomic mass is 9.97. The van der Waals surface area contributed by atoms with Gasteiger partial charge in [-0.15, -0.1) is 0 Å². The average molecular weight is 564 g/mol. The van der Waals surface area contributed by atoms with Crippen molar-refractivity contribution in [2.45, 2.75) is 83.0 Å². The first-order chi connectivity index (χ1) is 18.1. The van der Waals surface area contributed by atoms with Crippen LogP contribution in [0.5, 0.6) is 0 Å². The molecule has 2 heterocycles. The molecule has 3 aliphatic rings. The lowest BCUT2D eigenvalue weighted by Gasteiger charge is -2.46. The second kappa shape index (κ2) is 11.7. The molecular weight excluding hydrogens is 532 g/mol. The van der Waals surface area contributed by atoms with E-state index >= 15 is 0 Å². The molecule has 0 radical (unpaired) electrons. The standard InChI is InChI=1S/C23H32O16/c1-9(25)32-6-14-16-20(30)22(8-24,39-23(14,16)31)38-21-19(36-13(5)29)18(35-12(4)28)17(34-11(3)27)15(37-21)7-33-10(2)26/h14-21,24,30-31H,6-8H2,1-5H3. The molecule has 0 aromatic carbocycles. The summed E-state index contributed by atoms with van der Waals surface area (Å²) >= 11 is 0. The highest BCUT2D eigenvalue weighted by atomic mass is 16.8. The van der Waals surface area contributed by atoms with E-state index in [2.05, 4.69) is 0 Å². The van der Waals surface area contributed by atoms with Crippen LogP contribution in [0.1, 0.15) is 34.6 Å². The van der Waals surface area contributed by atoms with E-state index in [1.807, 2.05) is 0 Å². The maximum Gasteiger partial charge on any atom is 0.303 e.